The number of carbonyl (C=O) groups excluding carboxylic acids is 1. The lowest BCUT2D eigenvalue weighted by Gasteiger charge is -2.36. The van der Waals surface area contributed by atoms with E-state index in [0.29, 0.717) is 37.4 Å². The number of aromatic nitrogens is 4. The highest BCUT2D eigenvalue weighted by Crippen LogP contribution is 2.35. The van der Waals surface area contributed by atoms with Crippen LogP contribution in [0.5, 0.6) is 0 Å². The number of fused-ring (bicyclic) bond motifs is 1. The molecular weight excluding hydrogens is 511 g/mol. The van der Waals surface area contributed by atoms with Gasteiger partial charge in [-0.1, -0.05) is 0 Å². The van der Waals surface area contributed by atoms with Crippen LogP contribution in [0.15, 0.2) is 55.1 Å². The molecule has 4 aromatic rings. The standard InChI is InChI=1S/C27H28F3N7O2/c1-26(2,3)39-25(38)36-10-8-35(9-11-36)22-6-4-17(13-32-22)21-15-33-23-7-5-18(16-37(21)23)19-12-20(27(28,29)30)24(31)34-14-19/h4-7,12-16H,8-11H2,1-3H3,(H2,31,34). The predicted molar refractivity (Wildman–Crippen MR) is 141 cm³/mol. The van der Waals surface area contributed by atoms with Gasteiger partial charge in [0.15, 0.2) is 0 Å². The molecule has 0 saturated carbocycles. The number of amides is 1. The Morgan fingerprint density at radius 1 is 0.897 bits per heavy atom. The first kappa shape index (κ1) is 26.3. The normalized spacial score (nSPS) is 14.6. The first-order valence-corrected chi connectivity index (χ1v) is 12.4. The lowest BCUT2D eigenvalue weighted by Crippen LogP contribution is -2.50. The van der Waals surface area contributed by atoms with Crippen LogP contribution < -0.4 is 10.6 Å². The highest BCUT2D eigenvalue weighted by Gasteiger charge is 2.34. The molecular formula is C27H28F3N7O2. The highest BCUT2D eigenvalue weighted by atomic mass is 19.4. The summed E-state index contributed by atoms with van der Waals surface area (Å²) >= 11 is 0. The van der Waals surface area contributed by atoms with Crippen LogP contribution in [0.3, 0.4) is 0 Å². The van der Waals surface area contributed by atoms with Crippen molar-refractivity contribution in [3.63, 3.8) is 0 Å². The van der Waals surface area contributed by atoms with E-state index >= 15 is 0 Å². The Kier molecular flexibility index (Phi) is 6.57. The fourth-order valence-corrected chi connectivity index (χ4v) is 4.39. The molecule has 1 saturated heterocycles. The van der Waals surface area contributed by atoms with Gasteiger partial charge in [-0.3, -0.25) is 4.40 Å². The minimum Gasteiger partial charge on any atom is -0.444 e. The molecule has 2 N–H and O–H groups in total. The summed E-state index contributed by atoms with van der Waals surface area (Å²) in [5.41, 5.74) is 6.93. The first-order chi connectivity index (χ1) is 18.4. The Balaban J connectivity index is 1.34. The van der Waals surface area contributed by atoms with Gasteiger partial charge in [0.1, 0.15) is 22.9 Å². The Morgan fingerprint density at radius 3 is 2.23 bits per heavy atom. The van der Waals surface area contributed by atoms with Crippen LogP contribution in [-0.2, 0) is 10.9 Å². The number of halogens is 3. The predicted octanol–water partition coefficient (Wildman–Crippen LogP) is 5.12. The molecule has 4 aromatic heterocycles. The number of imidazole rings is 1. The third kappa shape index (κ3) is 5.59. The molecule has 0 aliphatic carbocycles. The summed E-state index contributed by atoms with van der Waals surface area (Å²) in [6.45, 7) is 7.84. The average molecular weight is 540 g/mol. The van der Waals surface area contributed by atoms with E-state index in [2.05, 4.69) is 19.9 Å². The van der Waals surface area contributed by atoms with E-state index in [0.717, 1.165) is 23.1 Å². The Bertz CT molecular complexity index is 1500. The summed E-state index contributed by atoms with van der Waals surface area (Å²) in [6, 6.07) is 8.25. The van der Waals surface area contributed by atoms with Crippen LogP contribution in [0.1, 0.15) is 26.3 Å². The Hall–Kier alpha value is -4.35. The van der Waals surface area contributed by atoms with Crippen molar-refractivity contribution in [2.75, 3.05) is 36.8 Å². The molecule has 1 amide bonds. The van der Waals surface area contributed by atoms with Crippen LogP contribution in [0.25, 0.3) is 28.0 Å². The minimum absolute atomic E-state index is 0.289. The molecule has 12 heteroatoms. The number of nitrogen functional groups attached to an aromatic ring is 1. The number of rotatable bonds is 3. The second kappa shape index (κ2) is 9.75. The number of nitrogens with two attached hydrogens (primary N) is 1. The molecule has 0 bridgehead atoms. The van der Waals surface area contributed by atoms with Crippen LogP contribution in [-0.4, -0.2) is 62.1 Å². The first-order valence-electron chi connectivity index (χ1n) is 12.4. The van der Waals surface area contributed by atoms with Crippen molar-refractivity contribution in [1.82, 2.24) is 24.3 Å². The van der Waals surface area contributed by atoms with E-state index in [-0.39, 0.29) is 11.7 Å². The maximum atomic E-state index is 13.3. The van der Waals surface area contributed by atoms with E-state index in [1.54, 1.807) is 40.0 Å². The molecule has 5 heterocycles. The summed E-state index contributed by atoms with van der Waals surface area (Å²) < 4.78 is 47.3. The van der Waals surface area contributed by atoms with Gasteiger partial charge in [0.2, 0.25) is 0 Å². The molecule has 0 atom stereocenters. The van der Waals surface area contributed by atoms with Crippen molar-refractivity contribution in [1.29, 1.82) is 0 Å². The van der Waals surface area contributed by atoms with Crippen LogP contribution in [0.4, 0.5) is 29.6 Å². The maximum absolute atomic E-state index is 13.3. The van der Waals surface area contributed by atoms with Gasteiger partial charge in [-0.2, -0.15) is 13.2 Å². The van der Waals surface area contributed by atoms with E-state index in [1.165, 1.54) is 6.20 Å². The number of ether oxygens (including phenoxy) is 1. The number of hydrogen-bond donors (Lipinski definition) is 1. The lowest BCUT2D eigenvalue weighted by molar-refractivity contribution is -0.137. The minimum atomic E-state index is -4.60. The van der Waals surface area contributed by atoms with Crippen LogP contribution in [0.2, 0.25) is 0 Å². The SMILES string of the molecule is CC(C)(C)OC(=O)N1CCN(c2ccc(-c3cnc4ccc(-c5cnc(N)c(C(F)(F)F)c5)cn34)cn2)CC1. The molecule has 0 radical (unpaired) electrons. The molecule has 0 aromatic carbocycles. The fraction of sp³-hybridized carbons (Fsp3) is 0.333. The van der Waals surface area contributed by atoms with Gasteiger partial charge in [-0.25, -0.2) is 19.7 Å². The van der Waals surface area contributed by atoms with Crippen molar-refractivity contribution < 1.29 is 22.7 Å². The molecule has 0 spiro atoms. The summed E-state index contributed by atoms with van der Waals surface area (Å²) in [6.07, 6.45) is 1.54. The van der Waals surface area contributed by atoms with Gasteiger partial charge in [-0.05, 0) is 51.1 Å². The maximum Gasteiger partial charge on any atom is 0.419 e. The largest absolute Gasteiger partial charge is 0.444 e. The zero-order valence-corrected chi connectivity index (χ0v) is 21.7. The molecule has 1 aliphatic heterocycles. The van der Waals surface area contributed by atoms with Gasteiger partial charge >= 0.3 is 12.3 Å². The Labute approximate surface area is 223 Å². The lowest BCUT2D eigenvalue weighted by atomic mass is 10.1. The number of pyridine rings is 3. The van der Waals surface area contributed by atoms with E-state index < -0.39 is 23.2 Å². The Morgan fingerprint density at radius 2 is 1.59 bits per heavy atom. The molecule has 9 nitrogen and oxygen atoms in total. The molecule has 1 fully saturated rings. The summed E-state index contributed by atoms with van der Waals surface area (Å²) in [4.78, 5) is 28.9. The average Bonchev–Trinajstić information content (AvgIpc) is 3.31. The van der Waals surface area contributed by atoms with Crippen molar-refractivity contribution >= 4 is 23.4 Å². The summed E-state index contributed by atoms with van der Waals surface area (Å²) in [7, 11) is 0. The molecule has 5 rings (SSSR count). The fourth-order valence-electron chi connectivity index (χ4n) is 4.39. The van der Waals surface area contributed by atoms with E-state index in [1.807, 2.05) is 32.9 Å². The van der Waals surface area contributed by atoms with Crippen molar-refractivity contribution in [2.24, 2.45) is 0 Å². The van der Waals surface area contributed by atoms with E-state index in [4.69, 9.17) is 10.5 Å². The second-order valence-electron chi connectivity index (χ2n) is 10.3. The molecule has 1 aliphatic rings. The number of alkyl halides is 3. The van der Waals surface area contributed by atoms with Crippen molar-refractivity contribution in [3.05, 3.63) is 60.7 Å². The van der Waals surface area contributed by atoms with Crippen LogP contribution in [0, 0.1) is 0 Å². The summed E-state index contributed by atoms with van der Waals surface area (Å²) in [5, 5.41) is 0. The third-order valence-corrected chi connectivity index (χ3v) is 6.36. The topological polar surface area (TPSA) is 102 Å². The van der Waals surface area contributed by atoms with Crippen molar-refractivity contribution in [2.45, 2.75) is 32.5 Å². The van der Waals surface area contributed by atoms with Gasteiger partial charge < -0.3 is 20.3 Å². The highest BCUT2D eigenvalue weighted by molar-refractivity contribution is 5.71. The van der Waals surface area contributed by atoms with Gasteiger partial charge in [-0.15, -0.1) is 0 Å². The third-order valence-electron chi connectivity index (χ3n) is 6.36. The quantitative estimate of drug-likeness (QED) is 0.386. The van der Waals surface area contributed by atoms with Gasteiger partial charge in [0, 0.05) is 61.5 Å². The number of anilines is 2. The number of piperazine rings is 1. The smallest absolute Gasteiger partial charge is 0.419 e. The van der Waals surface area contributed by atoms with Gasteiger partial charge in [0.05, 0.1) is 17.5 Å². The van der Waals surface area contributed by atoms with Crippen LogP contribution >= 0.6 is 0 Å². The number of hydrogen-bond acceptors (Lipinski definition) is 7. The second-order valence-corrected chi connectivity index (χ2v) is 10.3. The molecule has 39 heavy (non-hydrogen) atoms. The van der Waals surface area contributed by atoms with Crippen molar-refractivity contribution in [3.8, 4) is 22.4 Å². The van der Waals surface area contributed by atoms with E-state index in [9.17, 15) is 18.0 Å². The molecule has 204 valence electrons. The van der Waals surface area contributed by atoms with Gasteiger partial charge in [0.25, 0.3) is 0 Å². The molecule has 0 unspecified atom stereocenters. The zero-order chi connectivity index (χ0) is 27.9. The number of carbonyl (C=O) groups is 1. The summed E-state index contributed by atoms with van der Waals surface area (Å²) in [5.74, 6) is 0.220. The zero-order valence-electron chi connectivity index (χ0n) is 21.7. The monoisotopic (exact) mass is 539 g/mol. The number of nitrogens with zero attached hydrogens (tertiary/aromatic N) is 6.